The summed E-state index contributed by atoms with van der Waals surface area (Å²) in [6.45, 7) is 5.83. The number of nitrogens with one attached hydrogen (secondary N) is 1. The maximum Gasteiger partial charge on any atom is 0.255 e. The van der Waals surface area contributed by atoms with E-state index in [9.17, 15) is 14.0 Å². The normalized spacial score (nSPS) is 24.1. The molecule has 1 aromatic carbocycles. The lowest BCUT2D eigenvalue weighted by atomic mass is 9.88. The van der Waals surface area contributed by atoms with Crippen molar-refractivity contribution in [3.63, 3.8) is 0 Å². The van der Waals surface area contributed by atoms with E-state index < -0.39 is 6.04 Å². The van der Waals surface area contributed by atoms with Crippen LogP contribution in [0.15, 0.2) is 24.3 Å². The number of carbonyl (C=O) groups is 2. The van der Waals surface area contributed by atoms with E-state index in [0.717, 1.165) is 12.8 Å². The Bertz CT molecular complexity index is 680. The Morgan fingerprint density at radius 3 is 2.33 bits per heavy atom. The van der Waals surface area contributed by atoms with Crippen molar-refractivity contribution in [2.45, 2.75) is 69.8 Å². The second kappa shape index (κ2) is 8.21. The molecule has 1 saturated carbocycles. The first-order valence-electron chi connectivity index (χ1n) is 9.78. The van der Waals surface area contributed by atoms with E-state index in [4.69, 9.17) is 0 Å². The van der Waals surface area contributed by atoms with Gasteiger partial charge in [0.15, 0.2) is 0 Å². The van der Waals surface area contributed by atoms with E-state index >= 15 is 0 Å². The molecule has 1 aromatic rings. The average molecular weight is 393 g/mol. The molecule has 2 amide bonds. The minimum atomic E-state index is -0.487. The quantitative estimate of drug-likeness (QED) is 0.839. The largest absolute Gasteiger partial charge is 0.350 e. The van der Waals surface area contributed by atoms with E-state index in [1.165, 1.54) is 43.5 Å². The van der Waals surface area contributed by atoms with Crippen molar-refractivity contribution < 1.29 is 14.0 Å². The number of carbonyl (C=O) groups excluding carboxylic acids is 2. The predicted molar refractivity (Wildman–Crippen MR) is 107 cm³/mol. The number of thioether (sulfide) groups is 1. The van der Waals surface area contributed by atoms with Crippen LogP contribution in [0.3, 0.4) is 0 Å². The number of hydrogen-bond acceptors (Lipinski definition) is 3. The first-order chi connectivity index (χ1) is 12.8. The molecule has 1 heterocycles. The molecule has 1 saturated heterocycles. The first kappa shape index (κ1) is 20.2. The van der Waals surface area contributed by atoms with Crippen LogP contribution in [0.4, 0.5) is 4.39 Å². The molecule has 0 radical (unpaired) electrons. The summed E-state index contributed by atoms with van der Waals surface area (Å²) in [5.41, 5.74) is 0.0863. The van der Waals surface area contributed by atoms with Gasteiger partial charge in [-0.05, 0) is 63.8 Å². The smallest absolute Gasteiger partial charge is 0.255 e. The third kappa shape index (κ3) is 4.84. The minimum Gasteiger partial charge on any atom is -0.350 e. The fraction of sp³-hybridized carbons (Fsp3) is 0.619. The first-order valence-corrected chi connectivity index (χ1v) is 10.8. The highest BCUT2D eigenvalue weighted by molar-refractivity contribution is 8.00. The summed E-state index contributed by atoms with van der Waals surface area (Å²) >= 11 is 1.72. The lowest BCUT2D eigenvalue weighted by molar-refractivity contribution is -0.126. The van der Waals surface area contributed by atoms with Crippen molar-refractivity contribution in [2.24, 2.45) is 5.92 Å². The summed E-state index contributed by atoms with van der Waals surface area (Å²) in [5, 5.41) is 3.04. The molecule has 0 bridgehead atoms. The van der Waals surface area contributed by atoms with Crippen molar-refractivity contribution in [3.8, 4) is 0 Å². The Morgan fingerprint density at radius 1 is 1.11 bits per heavy atom. The highest BCUT2D eigenvalue weighted by atomic mass is 32.2. The van der Waals surface area contributed by atoms with Crippen LogP contribution in [0, 0.1) is 11.7 Å². The third-order valence-electron chi connectivity index (χ3n) is 5.21. The van der Waals surface area contributed by atoms with Gasteiger partial charge in [0.1, 0.15) is 11.9 Å². The van der Waals surface area contributed by atoms with Crippen molar-refractivity contribution in [2.75, 3.05) is 5.75 Å². The number of rotatable bonds is 3. The van der Waals surface area contributed by atoms with Crippen LogP contribution in [0.5, 0.6) is 0 Å². The summed E-state index contributed by atoms with van der Waals surface area (Å²) in [7, 11) is 0. The predicted octanol–water partition coefficient (Wildman–Crippen LogP) is 4.20. The molecule has 3 rings (SSSR count). The molecule has 0 spiro atoms. The second-order valence-corrected chi connectivity index (χ2v) is 9.75. The molecule has 2 fully saturated rings. The molecular weight excluding hydrogens is 363 g/mol. The minimum absolute atomic E-state index is 0.0126. The lowest BCUT2D eigenvalue weighted by Crippen LogP contribution is -2.54. The van der Waals surface area contributed by atoms with Crippen LogP contribution in [-0.4, -0.2) is 39.4 Å². The molecular formula is C21H29FN2O2S. The van der Waals surface area contributed by atoms with Crippen LogP contribution in [0.25, 0.3) is 0 Å². The fourth-order valence-electron chi connectivity index (χ4n) is 3.96. The number of halogens is 1. The van der Waals surface area contributed by atoms with Gasteiger partial charge in [0.2, 0.25) is 5.91 Å². The zero-order chi connectivity index (χ0) is 19.6. The van der Waals surface area contributed by atoms with Gasteiger partial charge in [-0.15, -0.1) is 11.8 Å². The van der Waals surface area contributed by atoms with E-state index in [2.05, 4.69) is 5.32 Å². The van der Waals surface area contributed by atoms with E-state index in [0.29, 0.717) is 17.2 Å². The van der Waals surface area contributed by atoms with E-state index in [1.807, 2.05) is 20.8 Å². The molecule has 2 atom stereocenters. The van der Waals surface area contributed by atoms with Crippen molar-refractivity contribution >= 4 is 23.6 Å². The summed E-state index contributed by atoms with van der Waals surface area (Å²) < 4.78 is 13.3. The van der Waals surface area contributed by atoms with E-state index in [-0.39, 0.29) is 28.5 Å². The zero-order valence-electron chi connectivity index (χ0n) is 16.3. The summed E-state index contributed by atoms with van der Waals surface area (Å²) in [6.07, 6.45) is 5.79. The SMILES string of the molecule is CC(C)(C)NC(=O)C1CSC(C2CCCCC2)N1C(=O)c1ccc(F)cc1. The van der Waals surface area contributed by atoms with Gasteiger partial charge in [0, 0.05) is 16.9 Å². The van der Waals surface area contributed by atoms with Crippen LogP contribution in [0.2, 0.25) is 0 Å². The molecule has 27 heavy (non-hydrogen) atoms. The van der Waals surface area contributed by atoms with Gasteiger partial charge in [-0.2, -0.15) is 0 Å². The zero-order valence-corrected chi connectivity index (χ0v) is 17.2. The van der Waals surface area contributed by atoms with Gasteiger partial charge >= 0.3 is 0 Å². The monoisotopic (exact) mass is 392 g/mol. The Labute approximate surface area is 165 Å². The van der Waals surface area contributed by atoms with Gasteiger partial charge in [-0.25, -0.2) is 4.39 Å². The second-order valence-electron chi connectivity index (χ2n) is 8.60. The Hall–Kier alpha value is -1.56. The van der Waals surface area contributed by atoms with E-state index in [1.54, 1.807) is 16.7 Å². The van der Waals surface area contributed by atoms with Gasteiger partial charge in [-0.3, -0.25) is 9.59 Å². The molecule has 4 nitrogen and oxygen atoms in total. The molecule has 2 unspecified atom stereocenters. The number of hydrogen-bond donors (Lipinski definition) is 1. The fourth-order valence-corrected chi connectivity index (χ4v) is 5.60. The van der Waals surface area contributed by atoms with Crippen molar-refractivity contribution in [1.29, 1.82) is 0 Å². The van der Waals surface area contributed by atoms with Crippen LogP contribution in [0.1, 0.15) is 63.2 Å². The highest BCUT2D eigenvalue weighted by Crippen LogP contribution is 2.41. The van der Waals surface area contributed by atoms with Gasteiger partial charge in [-0.1, -0.05) is 19.3 Å². The van der Waals surface area contributed by atoms with Gasteiger partial charge < -0.3 is 10.2 Å². The Kier molecular flexibility index (Phi) is 6.14. The van der Waals surface area contributed by atoms with Gasteiger partial charge in [0.25, 0.3) is 5.91 Å². The average Bonchev–Trinajstić information content (AvgIpc) is 3.06. The molecule has 148 valence electrons. The standard InChI is InChI=1S/C21H29FN2O2S/c1-21(2,3)23-18(25)17-13-27-20(15-7-5-4-6-8-15)24(17)19(26)14-9-11-16(22)12-10-14/h9-12,15,17,20H,4-8,13H2,1-3H3,(H,23,25). The lowest BCUT2D eigenvalue weighted by Gasteiger charge is -2.36. The molecule has 2 aliphatic rings. The summed E-state index contributed by atoms with van der Waals surface area (Å²) in [6, 6.07) is 5.14. The number of amides is 2. The van der Waals surface area contributed by atoms with Crippen molar-refractivity contribution in [3.05, 3.63) is 35.6 Å². The third-order valence-corrected chi connectivity index (χ3v) is 6.68. The maximum atomic E-state index is 13.3. The van der Waals surface area contributed by atoms with Crippen LogP contribution >= 0.6 is 11.8 Å². The molecule has 1 N–H and O–H groups in total. The van der Waals surface area contributed by atoms with Crippen molar-refractivity contribution in [1.82, 2.24) is 10.2 Å². The number of benzene rings is 1. The topological polar surface area (TPSA) is 49.4 Å². The molecule has 1 aliphatic carbocycles. The molecule has 1 aliphatic heterocycles. The summed E-state index contributed by atoms with van der Waals surface area (Å²) in [5.74, 6) is 0.373. The van der Waals surface area contributed by atoms with Gasteiger partial charge in [0.05, 0.1) is 5.37 Å². The number of nitrogens with zero attached hydrogens (tertiary/aromatic N) is 1. The Morgan fingerprint density at radius 2 is 1.74 bits per heavy atom. The van der Waals surface area contributed by atoms with Crippen LogP contribution in [-0.2, 0) is 4.79 Å². The molecule has 6 heteroatoms. The van der Waals surface area contributed by atoms with Crippen LogP contribution < -0.4 is 5.32 Å². The summed E-state index contributed by atoms with van der Waals surface area (Å²) in [4.78, 5) is 28.0. The molecule has 0 aromatic heterocycles. The Balaban J connectivity index is 1.87. The highest BCUT2D eigenvalue weighted by Gasteiger charge is 2.45. The maximum absolute atomic E-state index is 13.3.